The van der Waals surface area contributed by atoms with Crippen LogP contribution in [0.15, 0.2) is 31.4 Å². The number of ether oxygens (including phenoxy) is 1. The van der Waals surface area contributed by atoms with Gasteiger partial charge in [-0.3, -0.25) is 4.90 Å². The third kappa shape index (κ3) is 4.13. The second kappa shape index (κ2) is 8.43. The molecule has 1 aliphatic rings. The van der Waals surface area contributed by atoms with Crippen molar-refractivity contribution in [3.63, 3.8) is 0 Å². The van der Waals surface area contributed by atoms with E-state index in [-0.39, 0.29) is 6.67 Å². The summed E-state index contributed by atoms with van der Waals surface area (Å²) in [7, 11) is 1.62. The zero-order chi connectivity index (χ0) is 15.0. The Kier molecular flexibility index (Phi) is 6.87. The monoisotopic (exact) mass is 281 g/mol. The standard InChI is InChI=1S/C13H20FN3O.C2H4/c1-18-13-10-11(2-3-12(13)15)17-8-6-16(5-4-14)7-9-17;1-2/h2-3,10H,4-9,15H2,1H3;1-2H2. The predicted octanol–water partition coefficient (Wildman–Crippen LogP) is 2.17. The highest BCUT2D eigenvalue weighted by atomic mass is 19.1. The van der Waals surface area contributed by atoms with Gasteiger partial charge >= 0.3 is 0 Å². The smallest absolute Gasteiger partial charge is 0.143 e. The van der Waals surface area contributed by atoms with Gasteiger partial charge in [-0.2, -0.15) is 0 Å². The highest BCUT2D eigenvalue weighted by Gasteiger charge is 2.17. The number of hydrogen-bond donors (Lipinski definition) is 1. The molecule has 1 fully saturated rings. The third-order valence-electron chi connectivity index (χ3n) is 3.36. The number of benzene rings is 1. The lowest BCUT2D eigenvalue weighted by Gasteiger charge is -2.35. The van der Waals surface area contributed by atoms with Crippen molar-refractivity contribution in [1.29, 1.82) is 0 Å². The first-order valence-corrected chi connectivity index (χ1v) is 6.71. The Morgan fingerprint density at radius 2 is 1.90 bits per heavy atom. The van der Waals surface area contributed by atoms with Crippen molar-refractivity contribution in [3.8, 4) is 5.75 Å². The lowest BCUT2D eigenvalue weighted by Crippen LogP contribution is -2.47. The molecule has 0 spiro atoms. The van der Waals surface area contributed by atoms with Crippen molar-refractivity contribution in [2.75, 3.05) is 57.1 Å². The van der Waals surface area contributed by atoms with Gasteiger partial charge in [0.05, 0.1) is 12.8 Å². The fraction of sp³-hybridized carbons (Fsp3) is 0.467. The number of halogens is 1. The summed E-state index contributed by atoms with van der Waals surface area (Å²) in [4.78, 5) is 4.42. The number of methoxy groups -OCH3 is 1. The van der Waals surface area contributed by atoms with Crippen LogP contribution < -0.4 is 15.4 Å². The Hall–Kier alpha value is -1.75. The molecule has 0 bridgehead atoms. The number of nitrogens with two attached hydrogens (primary N) is 1. The summed E-state index contributed by atoms with van der Waals surface area (Å²) in [5, 5.41) is 0. The molecule has 0 unspecified atom stereocenters. The van der Waals surface area contributed by atoms with Crippen molar-refractivity contribution in [2.24, 2.45) is 0 Å². The van der Waals surface area contributed by atoms with Gasteiger partial charge in [0.2, 0.25) is 0 Å². The molecule has 0 aliphatic carbocycles. The second-order valence-corrected chi connectivity index (χ2v) is 4.44. The van der Waals surface area contributed by atoms with Crippen LogP contribution in [-0.4, -0.2) is 51.4 Å². The molecule has 0 radical (unpaired) electrons. The number of nitrogens with zero attached hydrogens (tertiary/aromatic N) is 2. The van der Waals surface area contributed by atoms with Crippen LogP contribution >= 0.6 is 0 Å². The summed E-state index contributed by atoms with van der Waals surface area (Å²) in [5.41, 5.74) is 7.56. The van der Waals surface area contributed by atoms with Gasteiger partial charge in [0.25, 0.3) is 0 Å². The van der Waals surface area contributed by atoms with E-state index >= 15 is 0 Å². The molecular weight excluding hydrogens is 257 g/mol. The zero-order valence-electron chi connectivity index (χ0n) is 12.1. The van der Waals surface area contributed by atoms with E-state index in [0.29, 0.717) is 18.0 Å². The quantitative estimate of drug-likeness (QED) is 0.678. The van der Waals surface area contributed by atoms with E-state index < -0.39 is 0 Å². The fourth-order valence-electron chi connectivity index (χ4n) is 2.25. The van der Waals surface area contributed by atoms with Crippen LogP contribution in [0.1, 0.15) is 0 Å². The summed E-state index contributed by atoms with van der Waals surface area (Å²) in [6, 6.07) is 5.82. The Morgan fingerprint density at radius 1 is 1.25 bits per heavy atom. The van der Waals surface area contributed by atoms with Crippen LogP contribution in [0.25, 0.3) is 0 Å². The number of nitrogen functional groups attached to an aromatic ring is 1. The molecule has 1 aromatic carbocycles. The molecule has 2 N–H and O–H groups in total. The molecule has 1 saturated heterocycles. The average molecular weight is 281 g/mol. The molecule has 2 rings (SSSR count). The summed E-state index contributed by atoms with van der Waals surface area (Å²) in [6.45, 7) is 9.89. The van der Waals surface area contributed by atoms with Crippen LogP contribution in [0.4, 0.5) is 15.8 Å². The van der Waals surface area contributed by atoms with Crippen LogP contribution in [0.3, 0.4) is 0 Å². The highest BCUT2D eigenvalue weighted by Crippen LogP contribution is 2.27. The SMILES string of the molecule is C=C.COc1cc(N2CCN(CCF)CC2)ccc1N. The van der Waals surface area contributed by atoms with Crippen LogP contribution in [0.2, 0.25) is 0 Å². The summed E-state index contributed by atoms with van der Waals surface area (Å²) in [5.74, 6) is 0.707. The van der Waals surface area contributed by atoms with Gasteiger partial charge < -0.3 is 15.4 Å². The number of rotatable bonds is 4. The van der Waals surface area contributed by atoms with Gasteiger partial charge in [-0.05, 0) is 12.1 Å². The minimum Gasteiger partial charge on any atom is -0.495 e. The van der Waals surface area contributed by atoms with E-state index in [1.165, 1.54) is 0 Å². The molecule has 20 heavy (non-hydrogen) atoms. The highest BCUT2D eigenvalue weighted by molar-refractivity contribution is 5.62. The molecule has 5 heteroatoms. The molecule has 112 valence electrons. The maximum absolute atomic E-state index is 12.3. The van der Waals surface area contributed by atoms with Gasteiger partial charge in [-0.15, -0.1) is 13.2 Å². The Bertz CT molecular complexity index is 406. The molecule has 1 aliphatic heterocycles. The fourth-order valence-corrected chi connectivity index (χ4v) is 2.25. The molecule has 4 nitrogen and oxygen atoms in total. The van der Waals surface area contributed by atoms with E-state index in [1.54, 1.807) is 7.11 Å². The Balaban J connectivity index is 0.000000956. The third-order valence-corrected chi connectivity index (χ3v) is 3.36. The minimum absolute atomic E-state index is 0.268. The molecular formula is C15H24FN3O. The van der Waals surface area contributed by atoms with Gasteiger partial charge in [-0.25, -0.2) is 4.39 Å². The minimum atomic E-state index is -0.268. The van der Waals surface area contributed by atoms with E-state index in [2.05, 4.69) is 23.0 Å². The number of anilines is 2. The summed E-state index contributed by atoms with van der Waals surface area (Å²) in [6.07, 6.45) is 0. The molecule has 1 heterocycles. The number of hydrogen-bond acceptors (Lipinski definition) is 4. The van der Waals surface area contributed by atoms with E-state index in [9.17, 15) is 4.39 Å². The number of alkyl halides is 1. The topological polar surface area (TPSA) is 41.7 Å². The molecule has 0 aromatic heterocycles. The van der Waals surface area contributed by atoms with Crippen LogP contribution in [0.5, 0.6) is 5.75 Å². The molecule has 0 amide bonds. The second-order valence-electron chi connectivity index (χ2n) is 4.44. The van der Waals surface area contributed by atoms with Crippen LogP contribution in [-0.2, 0) is 0 Å². The van der Waals surface area contributed by atoms with Crippen molar-refractivity contribution < 1.29 is 9.13 Å². The van der Waals surface area contributed by atoms with Crippen molar-refractivity contribution >= 4 is 11.4 Å². The Morgan fingerprint density at radius 3 is 2.45 bits per heavy atom. The average Bonchev–Trinajstić information content (AvgIpc) is 2.51. The first kappa shape index (κ1) is 16.3. The molecule has 1 aromatic rings. The Labute approximate surface area is 120 Å². The number of piperazine rings is 1. The maximum Gasteiger partial charge on any atom is 0.143 e. The van der Waals surface area contributed by atoms with Gasteiger partial charge in [0.1, 0.15) is 12.4 Å². The maximum atomic E-state index is 12.3. The summed E-state index contributed by atoms with van der Waals surface area (Å²) >= 11 is 0. The van der Waals surface area contributed by atoms with Crippen molar-refractivity contribution in [2.45, 2.75) is 0 Å². The van der Waals surface area contributed by atoms with Crippen LogP contribution in [0, 0.1) is 0 Å². The van der Waals surface area contributed by atoms with Crippen molar-refractivity contribution in [3.05, 3.63) is 31.4 Å². The van der Waals surface area contributed by atoms with Gasteiger partial charge in [0.15, 0.2) is 0 Å². The molecule has 0 atom stereocenters. The predicted molar refractivity (Wildman–Crippen MR) is 83.3 cm³/mol. The first-order chi connectivity index (χ1) is 9.74. The van der Waals surface area contributed by atoms with Gasteiger partial charge in [0, 0.05) is 44.5 Å². The van der Waals surface area contributed by atoms with Crippen molar-refractivity contribution in [1.82, 2.24) is 4.90 Å². The van der Waals surface area contributed by atoms with E-state index in [4.69, 9.17) is 10.5 Å². The zero-order valence-corrected chi connectivity index (χ0v) is 12.1. The largest absolute Gasteiger partial charge is 0.495 e. The lowest BCUT2D eigenvalue weighted by atomic mass is 10.2. The van der Waals surface area contributed by atoms with E-state index in [0.717, 1.165) is 31.9 Å². The normalized spacial score (nSPS) is 15.4. The first-order valence-electron chi connectivity index (χ1n) is 6.71. The van der Waals surface area contributed by atoms with Gasteiger partial charge in [-0.1, -0.05) is 0 Å². The lowest BCUT2D eigenvalue weighted by molar-refractivity contribution is 0.235. The molecule has 0 saturated carbocycles. The van der Waals surface area contributed by atoms with E-state index in [1.807, 2.05) is 18.2 Å². The summed E-state index contributed by atoms with van der Waals surface area (Å²) < 4.78 is 17.5.